The maximum atomic E-state index is 14.0. The second-order valence-corrected chi connectivity index (χ2v) is 7.52. The number of benzene rings is 1. The van der Waals surface area contributed by atoms with Gasteiger partial charge in [-0.3, -0.25) is 0 Å². The van der Waals surface area contributed by atoms with Gasteiger partial charge >= 0.3 is 0 Å². The van der Waals surface area contributed by atoms with E-state index in [9.17, 15) is 4.39 Å². The Morgan fingerprint density at radius 2 is 2.05 bits per heavy atom. The molecule has 0 aliphatic rings. The number of para-hydroxylation sites is 1. The molecule has 1 aromatic heterocycles. The SMILES string of the molecule is CCN(c1ccccc1F)C(CN)c1cc(Br)c(Br)s1. The highest BCUT2D eigenvalue weighted by molar-refractivity contribution is 9.13. The van der Waals surface area contributed by atoms with Gasteiger partial charge in [-0.1, -0.05) is 12.1 Å². The summed E-state index contributed by atoms with van der Waals surface area (Å²) in [5, 5.41) is 0. The Bertz CT molecular complexity index is 569. The minimum atomic E-state index is -0.220. The Morgan fingerprint density at radius 1 is 1.35 bits per heavy atom. The molecule has 0 aliphatic heterocycles. The van der Waals surface area contributed by atoms with Crippen LogP contribution in [0.1, 0.15) is 17.8 Å². The van der Waals surface area contributed by atoms with Crippen LogP contribution in [0, 0.1) is 5.82 Å². The lowest BCUT2D eigenvalue weighted by Crippen LogP contribution is -2.33. The zero-order valence-electron chi connectivity index (χ0n) is 10.9. The van der Waals surface area contributed by atoms with Crippen molar-refractivity contribution in [2.45, 2.75) is 13.0 Å². The van der Waals surface area contributed by atoms with Crippen molar-refractivity contribution in [1.29, 1.82) is 0 Å². The first kappa shape index (κ1) is 15.9. The van der Waals surface area contributed by atoms with Gasteiger partial charge in [-0.15, -0.1) is 11.3 Å². The van der Waals surface area contributed by atoms with Crippen molar-refractivity contribution < 1.29 is 4.39 Å². The highest BCUT2D eigenvalue weighted by Crippen LogP contribution is 2.38. The second-order valence-electron chi connectivity index (χ2n) is 4.26. The molecule has 1 heterocycles. The summed E-state index contributed by atoms with van der Waals surface area (Å²) in [5.74, 6) is -0.220. The Labute approximate surface area is 139 Å². The largest absolute Gasteiger partial charge is 0.360 e. The molecular formula is C14H15Br2FN2S. The molecule has 2 N–H and O–H groups in total. The quantitative estimate of drug-likeness (QED) is 0.740. The van der Waals surface area contributed by atoms with Gasteiger partial charge in [-0.2, -0.15) is 0 Å². The molecule has 1 aromatic carbocycles. The lowest BCUT2D eigenvalue weighted by molar-refractivity contribution is 0.592. The fraction of sp³-hybridized carbons (Fsp3) is 0.286. The van der Waals surface area contributed by atoms with E-state index in [1.165, 1.54) is 6.07 Å². The van der Waals surface area contributed by atoms with Gasteiger partial charge in [-0.25, -0.2) is 4.39 Å². The standard InChI is InChI=1S/C14H15Br2FN2S/c1-2-19(11-6-4-3-5-10(11)17)12(8-18)13-7-9(15)14(16)20-13/h3-7,12H,2,8,18H2,1H3. The first-order valence-electron chi connectivity index (χ1n) is 6.24. The fourth-order valence-corrected chi connectivity index (χ4v) is 4.38. The van der Waals surface area contributed by atoms with Gasteiger partial charge in [0.2, 0.25) is 0 Å². The molecule has 1 unspecified atom stereocenters. The molecule has 2 rings (SSSR count). The minimum Gasteiger partial charge on any atom is -0.360 e. The average Bonchev–Trinajstić information content (AvgIpc) is 2.76. The van der Waals surface area contributed by atoms with Crippen LogP contribution < -0.4 is 10.6 Å². The second kappa shape index (κ2) is 7.02. The number of nitrogens with two attached hydrogens (primary N) is 1. The van der Waals surface area contributed by atoms with E-state index >= 15 is 0 Å². The molecule has 0 saturated heterocycles. The zero-order valence-corrected chi connectivity index (χ0v) is 14.9. The van der Waals surface area contributed by atoms with Crippen LogP contribution in [0.15, 0.2) is 38.6 Å². The fourth-order valence-electron chi connectivity index (χ4n) is 2.17. The van der Waals surface area contributed by atoms with Gasteiger partial charge in [-0.05, 0) is 57.0 Å². The predicted octanol–water partition coefficient (Wildman–Crippen LogP) is 4.94. The van der Waals surface area contributed by atoms with Gasteiger partial charge in [0.1, 0.15) is 5.82 Å². The summed E-state index contributed by atoms with van der Waals surface area (Å²) < 4.78 is 16.1. The topological polar surface area (TPSA) is 29.3 Å². The van der Waals surface area contributed by atoms with Crippen molar-refractivity contribution in [3.05, 3.63) is 49.3 Å². The molecule has 1 atom stereocenters. The number of anilines is 1. The van der Waals surface area contributed by atoms with Crippen LogP contribution in [0.25, 0.3) is 0 Å². The Morgan fingerprint density at radius 3 is 2.55 bits per heavy atom. The van der Waals surface area contributed by atoms with Gasteiger partial charge in [0.15, 0.2) is 0 Å². The molecule has 108 valence electrons. The Hall–Kier alpha value is -0.430. The third-order valence-corrected chi connectivity index (χ3v) is 6.45. The first-order valence-corrected chi connectivity index (χ1v) is 8.64. The summed E-state index contributed by atoms with van der Waals surface area (Å²) in [5.41, 5.74) is 6.53. The molecule has 0 radical (unpaired) electrons. The van der Waals surface area contributed by atoms with E-state index in [2.05, 4.69) is 31.9 Å². The smallest absolute Gasteiger partial charge is 0.146 e. The monoisotopic (exact) mass is 420 g/mol. The molecular weight excluding hydrogens is 407 g/mol. The predicted molar refractivity (Wildman–Crippen MR) is 90.9 cm³/mol. The summed E-state index contributed by atoms with van der Waals surface area (Å²) in [6.45, 7) is 3.13. The molecule has 2 nitrogen and oxygen atoms in total. The van der Waals surface area contributed by atoms with Crippen molar-refractivity contribution in [3.8, 4) is 0 Å². The number of rotatable bonds is 5. The summed E-state index contributed by atoms with van der Waals surface area (Å²) >= 11 is 8.60. The minimum absolute atomic E-state index is 0.0375. The van der Waals surface area contributed by atoms with E-state index in [4.69, 9.17) is 5.73 Å². The third kappa shape index (κ3) is 3.24. The number of likely N-dealkylation sites (N-methyl/N-ethyl adjacent to an activating group) is 1. The zero-order chi connectivity index (χ0) is 14.7. The van der Waals surface area contributed by atoms with E-state index in [1.807, 2.05) is 24.0 Å². The van der Waals surface area contributed by atoms with Crippen LogP contribution in [0.5, 0.6) is 0 Å². The lowest BCUT2D eigenvalue weighted by Gasteiger charge is -2.31. The van der Waals surface area contributed by atoms with Crippen LogP contribution in [-0.4, -0.2) is 13.1 Å². The van der Waals surface area contributed by atoms with Gasteiger partial charge in [0.25, 0.3) is 0 Å². The van der Waals surface area contributed by atoms with Crippen molar-refractivity contribution in [2.24, 2.45) is 5.73 Å². The number of thiophene rings is 1. The van der Waals surface area contributed by atoms with Crippen molar-refractivity contribution in [2.75, 3.05) is 18.0 Å². The number of hydrogen-bond donors (Lipinski definition) is 1. The average molecular weight is 422 g/mol. The molecule has 0 fully saturated rings. The highest BCUT2D eigenvalue weighted by atomic mass is 79.9. The van der Waals surface area contributed by atoms with Crippen LogP contribution in [0.2, 0.25) is 0 Å². The normalized spacial score (nSPS) is 12.4. The highest BCUT2D eigenvalue weighted by Gasteiger charge is 2.23. The molecule has 0 amide bonds. The lowest BCUT2D eigenvalue weighted by atomic mass is 10.1. The molecule has 2 aromatic rings. The number of halogens is 3. The van der Waals surface area contributed by atoms with Crippen molar-refractivity contribution >= 4 is 48.9 Å². The molecule has 0 spiro atoms. The van der Waals surface area contributed by atoms with Gasteiger partial charge in [0, 0.05) is 22.4 Å². The maximum Gasteiger partial charge on any atom is 0.146 e. The summed E-state index contributed by atoms with van der Waals surface area (Å²) in [4.78, 5) is 3.11. The van der Waals surface area contributed by atoms with E-state index in [-0.39, 0.29) is 11.9 Å². The number of nitrogens with zero attached hydrogens (tertiary/aromatic N) is 1. The summed E-state index contributed by atoms with van der Waals surface area (Å²) in [7, 11) is 0. The van der Waals surface area contributed by atoms with Crippen molar-refractivity contribution in [1.82, 2.24) is 0 Å². The van der Waals surface area contributed by atoms with Crippen LogP contribution in [0.3, 0.4) is 0 Å². The molecule has 6 heteroatoms. The Kier molecular flexibility index (Phi) is 5.60. The molecule has 0 aliphatic carbocycles. The van der Waals surface area contributed by atoms with Crippen molar-refractivity contribution in [3.63, 3.8) is 0 Å². The molecule has 0 saturated carbocycles. The third-order valence-electron chi connectivity index (χ3n) is 3.09. The van der Waals surface area contributed by atoms with Crippen LogP contribution in [-0.2, 0) is 0 Å². The maximum absolute atomic E-state index is 14.0. The van der Waals surface area contributed by atoms with Crippen LogP contribution in [0.4, 0.5) is 10.1 Å². The summed E-state index contributed by atoms with van der Waals surface area (Å²) in [6.07, 6.45) is 0. The van der Waals surface area contributed by atoms with Crippen LogP contribution >= 0.6 is 43.2 Å². The Balaban J connectivity index is 2.40. The molecule has 20 heavy (non-hydrogen) atoms. The van der Waals surface area contributed by atoms with Gasteiger partial charge in [0.05, 0.1) is 15.5 Å². The first-order chi connectivity index (χ1) is 9.58. The van der Waals surface area contributed by atoms with Gasteiger partial charge < -0.3 is 10.6 Å². The van der Waals surface area contributed by atoms with E-state index in [0.29, 0.717) is 18.8 Å². The van der Waals surface area contributed by atoms with E-state index in [1.54, 1.807) is 23.5 Å². The number of hydrogen-bond acceptors (Lipinski definition) is 3. The summed E-state index contributed by atoms with van der Waals surface area (Å²) in [6, 6.07) is 8.81. The van der Waals surface area contributed by atoms with E-state index in [0.717, 1.165) is 13.1 Å². The molecule has 0 bridgehead atoms. The van der Waals surface area contributed by atoms with E-state index < -0.39 is 0 Å².